The van der Waals surface area contributed by atoms with Crippen molar-refractivity contribution in [3.05, 3.63) is 52.8 Å². The van der Waals surface area contributed by atoms with Crippen LogP contribution in [0.15, 0.2) is 30.3 Å². The third-order valence-electron chi connectivity index (χ3n) is 7.30. The fraction of sp³-hybridized carbons (Fsp3) is 0.545. The molecule has 0 spiro atoms. The maximum atomic E-state index is 15.1. The Morgan fingerprint density at radius 3 is 2.44 bits per heavy atom. The number of piperidine rings is 1. The molecule has 1 N–H and O–H groups in total. The Morgan fingerprint density at radius 2 is 1.84 bits per heavy atom. The van der Waals surface area contributed by atoms with Gasteiger partial charge in [0.2, 0.25) is 0 Å². The minimum Gasteiger partial charge on any atom is -0.493 e. The molecule has 1 saturated heterocycles. The van der Waals surface area contributed by atoms with Gasteiger partial charge >= 0.3 is 12.1 Å². The van der Waals surface area contributed by atoms with E-state index in [0.717, 1.165) is 18.9 Å². The van der Waals surface area contributed by atoms with Gasteiger partial charge in [0.25, 0.3) is 5.91 Å². The number of rotatable bonds is 11. The van der Waals surface area contributed by atoms with Gasteiger partial charge in [0.1, 0.15) is 17.2 Å². The Balaban J connectivity index is 2.05. The fourth-order valence-electron chi connectivity index (χ4n) is 5.33. The number of aryl methyl sites for hydroxylation is 1. The van der Waals surface area contributed by atoms with E-state index in [1.165, 1.54) is 12.1 Å². The van der Waals surface area contributed by atoms with E-state index >= 15 is 4.39 Å². The quantitative estimate of drug-likeness (QED) is 0.297. The zero-order chi connectivity index (χ0) is 31.9. The average Bonchev–Trinajstić information content (AvgIpc) is 2.94. The number of nitrogens with zero attached hydrogens (tertiary/aromatic N) is 2. The summed E-state index contributed by atoms with van der Waals surface area (Å²) in [5.41, 5.74) is 0.865. The van der Waals surface area contributed by atoms with Gasteiger partial charge < -0.3 is 29.1 Å². The lowest BCUT2D eigenvalue weighted by molar-refractivity contribution is 0.00749. The van der Waals surface area contributed by atoms with E-state index in [1.807, 2.05) is 46.4 Å². The molecule has 0 saturated carbocycles. The van der Waals surface area contributed by atoms with Crippen LogP contribution in [0, 0.1) is 5.82 Å². The fourth-order valence-corrected chi connectivity index (χ4v) is 5.33. The highest BCUT2D eigenvalue weighted by atomic mass is 19.1. The number of aromatic carboxylic acids is 1. The lowest BCUT2D eigenvalue weighted by Gasteiger charge is -2.42. The van der Waals surface area contributed by atoms with Crippen LogP contribution in [0.2, 0.25) is 0 Å². The molecule has 1 fully saturated rings. The van der Waals surface area contributed by atoms with Crippen LogP contribution in [-0.2, 0) is 15.9 Å². The van der Waals surface area contributed by atoms with Crippen LogP contribution in [0.4, 0.5) is 9.18 Å². The summed E-state index contributed by atoms with van der Waals surface area (Å²) in [6.07, 6.45) is 2.10. The van der Waals surface area contributed by atoms with E-state index < -0.39 is 23.5 Å². The zero-order valence-corrected chi connectivity index (χ0v) is 26.4. The predicted octanol–water partition coefficient (Wildman–Crippen LogP) is 6.42. The second-order valence-electron chi connectivity index (χ2n) is 12.1. The van der Waals surface area contributed by atoms with Crippen molar-refractivity contribution in [2.75, 3.05) is 33.4 Å². The van der Waals surface area contributed by atoms with Crippen molar-refractivity contribution in [1.29, 1.82) is 0 Å². The van der Waals surface area contributed by atoms with Crippen molar-refractivity contribution in [2.24, 2.45) is 0 Å². The van der Waals surface area contributed by atoms with Crippen molar-refractivity contribution in [3.63, 3.8) is 0 Å². The number of halogens is 1. The molecule has 2 aromatic carbocycles. The van der Waals surface area contributed by atoms with Crippen molar-refractivity contribution >= 4 is 18.0 Å². The maximum Gasteiger partial charge on any atom is 0.410 e. The average molecular weight is 601 g/mol. The van der Waals surface area contributed by atoms with Gasteiger partial charge in [0.15, 0.2) is 0 Å². The first kappa shape index (κ1) is 33.8. The van der Waals surface area contributed by atoms with E-state index in [-0.39, 0.29) is 41.5 Å². The van der Waals surface area contributed by atoms with Crippen molar-refractivity contribution in [1.82, 2.24) is 9.80 Å². The normalized spacial score (nSPS) is 15.4. The number of carbonyl (C=O) groups is 3. The van der Waals surface area contributed by atoms with Gasteiger partial charge in [0.05, 0.1) is 18.2 Å². The third kappa shape index (κ3) is 8.69. The summed E-state index contributed by atoms with van der Waals surface area (Å²) in [7, 11) is 1.58. The number of hydrogen-bond donors (Lipinski definition) is 1. The van der Waals surface area contributed by atoms with Gasteiger partial charge in [-0.15, -0.1) is 0 Å². The first-order chi connectivity index (χ1) is 20.3. The van der Waals surface area contributed by atoms with E-state index in [2.05, 4.69) is 0 Å². The standard InChI is InChI=1S/C33H45FN2O7/c1-8-22-17-27(26-18-23(31(38)39)12-13-28(26)34)29(42-16-10-15-41-7)19-25(22)30(37)36(21(2)3)24-11-9-14-35(20-24)32(40)43-33(4,5)6/h12-13,17-19,21,24H,8-11,14-16,20H2,1-7H3,(H,38,39)/t24-/m1/s1. The number of methoxy groups -OCH3 is 1. The first-order valence-electron chi connectivity index (χ1n) is 14.9. The topological polar surface area (TPSA) is 106 Å². The van der Waals surface area contributed by atoms with Gasteiger partial charge in [0, 0.05) is 56.0 Å². The third-order valence-corrected chi connectivity index (χ3v) is 7.30. The summed E-state index contributed by atoms with van der Waals surface area (Å²) in [6.45, 7) is 12.9. The number of amides is 2. The summed E-state index contributed by atoms with van der Waals surface area (Å²) in [5.74, 6) is -1.70. The molecule has 236 valence electrons. The van der Waals surface area contributed by atoms with Crippen molar-refractivity contribution in [3.8, 4) is 16.9 Å². The van der Waals surface area contributed by atoms with Crippen molar-refractivity contribution < 1.29 is 38.1 Å². The molecule has 9 nitrogen and oxygen atoms in total. The summed E-state index contributed by atoms with van der Waals surface area (Å²) in [5, 5.41) is 9.53. The number of carboxylic acid groups (broad SMARTS) is 1. The molecule has 43 heavy (non-hydrogen) atoms. The summed E-state index contributed by atoms with van der Waals surface area (Å²) in [4.78, 5) is 42.3. The van der Waals surface area contributed by atoms with Crippen LogP contribution < -0.4 is 4.74 Å². The Bertz CT molecular complexity index is 1300. The second-order valence-corrected chi connectivity index (χ2v) is 12.1. The molecule has 3 rings (SSSR count). The van der Waals surface area contributed by atoms with E-state index in [4.69, 9.17) is 14.2 Å². The molecule has 1 heterocycles. The number of ether oxygens (including phenoxy) is 3. The lowest BCUT2D eigenvalue weighted by Crippen LogP contribution is -2.54. The molecular weight excluding hydrogens is 555 g/mol. The maximum absolute atomic E-state index is 15.1. The Kier molecular flexibility index (Phi) is 11.6. The lowest BCUT2D eigenvalue weighted by atomic mass is 9.93. The smallest absolute Gasteiger partial charge is 0.410 e. The zero-order valence-electron chi connectivity index (χ0n) is 26.4. The van der Waals surface area contributed by atoms with Crippen LogP contribution >= 0.6 is 0 Å². The van der Waals surface area contributed by atoms with Gasteiger partial charge in [-0.3, -0.25) is 4.79 Å². The minimum absolute atomic E-state index is 0.0576. The molecule has 10 heteroatoms. The summed E-state index contributed by atoms with van der Waals surface area (Å²) in [6, 6.07) is 6.58. The Labute approximate surface area is 253 Å². The number of benzene rings is 2. The molecular formula is C33H45FN2O7. The van der Waals surface area contributed by atoms with Gasteiger partial charge in [-0.05, 0) is 89.8 Å². The van der Waals surface area contributed by atoms with Gasteiger partial charge in [-0.1, -0.05) is 6.92 Å². The molecule has 1 atom stereocenters. The summed E-state index contributed by atoms with van der Waals surface area (Å²) >= 11 is 0. The molecule has 0 bridgehead atoms. The number of hydrogen-bond acceptors (Lipinski definition) is 6. The SMILES string of the molecule is CCc1cc(-c2cc(C(=O)O)ccc2F)c(OCCCOC)cc1C(=O)N(C(C)C)[C@@H]1CCCN(C(=O)OC(C)(C)C)C1. The van der Waals surface area contributed by atoms with Gasteiger partial charge in [-0.2, -0.15) is 0 Å². The molecule has 1 aliphatic heterocycles. The molecule has 0 aromatic heterocycles. The minimum atomic E-state index is -1.17. The Morgan fingerprint density at radius 1 is 1.12 bits per heavy atom. The monoisotopic (exact) mass is 600 g/mol. The molecule has 1 aliphatic rings. The van der Waals surface area contributed by atoms with E-state index in [1.54, 1.807) is 24.1 Å². The molecule has 0 radical (unpaired) electrons. The predicted molar refractivity (Wildman–Crippen MR) is 162 cm³/mol. The van der Waals surface area contributed by atoms with Crippen LogP contribution in [0.3, 0.4) is 0 Å². The van der Waals surface area contributed by atoms with Gasteiger partial charge in [-0.25, -0.2) is 14.0 Å². The highest BCUT2D eigenvalue weighted by molar-refractivity contribution is 5.98. The number of carboxylic acids is 1. The van der Waals surface area contributed by atoms with Crippen LogP contribution in [0.5, 0.6) is 5.75 Å². The number of carbonyl (C=O) groups excluding carboxylic acids is 2. The summed E-state index contributed by atoms with van der Waals surface area (Å²) < 4.78 is 31.9. The first-order valence-corrected chi connectivity index (χ1v) is 14.9. The molecule has 0 unspecified atom stereocenters. The second kappa shape index (κ2) is 14.7. The number of likely N-dealkylation sites (tertiary alicyclic amines) is 1. The van der Waals surface area contributed by atoms with E-state index in [0.29, 0.717) is 49.2 Å². The Hall–Kier alpha value is -3.66. The van der Waals surface area contributed by atoms with Crippen LogP contribution in [0.25, 0.3) is 11.1 Å². The van der Waals surface area contributed by atoms with E-state index in [9.17, 15) is 19.5 Å². The van der Waals surface area contributed by atoms with Crippen molar-refractivity contribution in [2.45, 2.75) is 84.9 Å². The molecule has 2 amide bonds. The molecule has 0 aliphatic carbocycles. The largest absolute Gasteiger partial charge is 0.493 e. The van der Waals surface area contributed by atoms with Crippen LogP contribution in [0.1, 0.15) is 87.1 Å². The molecule has 2 aromatic rings. The van der Waals surface area contributed by atoms with Crippen LogP contribution in [-0.4, -0.2) is 84.0 Å². The highest BCUT2D eigenvalue weighted by Gasteiger charge is 2.35. The highest BCUT2D eigenvalue weighted by Crippen LogP contribution is 2.37.